The molecule has 1 aliphatic heterocycles. The van der Waals surface area contributed by atoms with E-state index in [-0.39, 0.29) is 32.1 Å². The van der Waals surface area contributed by atoms with Crippen molar-refractivity contribution in [2.75, 3.05) is 31.3 Å². The van der Waals surface area contributed by atoms with Crippen LogP contribution in [-0.2, 0) is 20.7 Å². The number of fused-ring (bicyclic) bond motifs is 1. The summed E-state index contributed by atoms with van der Waals surface area (Å²) in [4.78, 5) is 37.2. The highest BCUT2D eigenvalue weighted by Gasteiger charge is 2.27. The molecule has 0 bridgehead atoms. The molecule has 1 aliphatic rings. The molecule has 4 rings (SSSR count). The maximum Gasteiger partial charge on any atom is 0.333 e. The summed E-state index contributed by atoms with van der Waals surface area (Å²) >= 11 is 0. The number of rotatable bonds is 12. The number of hydrogen-bond donors (Lipinski definition) is 1. The Hall–Kier alpha value is -4.24. The van der Waals surface area contributed by atoms with E-state index in [1.54, 1.807) is 54.3 Å². The molecule has 9 heteroatoms. The fourth-order valence-corrected chi connectivity index (χ4v) is 4.19. The second kappa shape index (κ2) is 12.1. The Bertz CT molecular complexity index is 1230. The van der Waals surface area contributed by atoms with Crippen molar-refractivity contribution in [1.29, 1.82) is 0 Å². The lowest BCUT2D eigenvalue weighted by Gasteiger charge is -2.30. The van der Waals surface area contributed by atoms with Crippen LogP contribution >= 0.6 is 0 Å². The van der Waals surface area contributed by atoms with Crippen LogP contribution in [0.4, 0.5) is 5.69 Å². The standard InChI is InChI=1S/C28H28N2O7/c1-2-35-25(28(32)33)16-19-8-11-22(12-9-19)36-15-14-30-23-17-21(10-13-24(23)37-18-26(30)31)27(29-34)20-6-4-3-5-7-20/h3-13,17,25,27H,2,14-16,18H2,1H3,(H,32,33). The Morgan fingerprint density at radius 3 is 2.51 bits per heavy atom. The molecule has 1 N–H and O–H groups in total. The molecule has 0 fully saturated rings. The molecule has 37 heavy (non-hydrogen) atoms. The normalized spacial score (nSPS) is 14.3. The summed E-state index contributed by atoms with van der Waals surface area (Å²) in [5.74, 6) is -0.0712. The number of ether oxygens (including phenoxy) is 3. The van der Waals surface area contributed by atoms with Gasteiger partial charge < -0.3 is 24.2 Å². The fraction of sp³-hybridized carbons (Fsp3) is 0.286. The zero-order chi connectivity index (χ0) is 26.2. The average molecular weight is 505 g/mol. The highest BCUT2D eigenvalue weighted by Crippen LogP contribution is 2.37. The predicted octanol–water partition coefficient (Wildman–Crippen LogP) is 4.38. The molecule has 192 valence electrons. The van der Waals surface area contributed by atoms with Gasteiger partial charge in [0, 0.05) is 13.0 Å². The minimum atomic E-state index is -1.00. The number of carbonyl (C=O) groups is 2. The van der Waals surface area contributed by atoms with Crippen LogP contribution in [0.2, 0.25) is 0 Å². The van der Waals surface area contributed by atoms with E-state index in [0.29, 0.717) is 29.4 Å². The van der Waals surface area contributed by atoms with E-state index in [9.17, 15) is 19.6 Å². The molecule has 0 saturated heterocycles. The molecular formula is C28H28N2O7. The molecule has 9 nitrogen and oxygen atoms in total. The second-order valence-electron chi connectivity index (χ2n) is 8.46. The number of carboxylic acids is 1. The van der Waals surface area contributed by atoms with Gasteiger partial charge in [-0.2, -0.15) is 0 Å². The summed E-state index contributed by atoms with van der Waals surface area (Å²) in [7, 11) is 0. The van der Waals surface area contributed by atoms with Crippen LogP contribution in [0.15, 0.2) is 78.0 Å². The van der Waals surface area contributed by atoms with Crippen molar-refractivity contribution < 1.29 is 28.9 Å². The number of carbonyl (C=O) groups excluding carboxylic acids is 1. The van der Waals surface area contributed by atoms with E-state index in [1.165, 1.54) is 0 Å². The van der Waals surface area contributed by atoms with Crippen LogP contribution in [-0.4, -0.2) is 49.5 Å². The van der Waals surface area contributed by atoms with Crippen molar-refractivity contribution >= 4 is 17.6 Å². The van der Waals surface area contributed by atoms with E-state index in [0.717, 1.165) is 11.1 Å². The van der Waals surface area contributed by atoms with Crippen molar-refractivity contribution in [2.45, 2.75) is 25.5 Å². The van der Waals surface area contributed by atoms with E-state index in [2.05, 4.69) is 5.18 Å². The molecule has 2 atom stereocenters. The number of carboxylic acid groups (broad SMARTS) is 1. The lowest BCUT2D eigenvalue weighted by molar-refractivity contribution is -0.149. The van der Waals surface area contributed by atoms with Crippen LogP contribution in [0.5, 0.6) is 11.5 Å². The summed E-state index contributed by atoms with van der Waals surface area (Å²) in [5, 5.41) is 12.6. The summed E-state index contributed by atoms with van der Waals surface area (Å²) in [6.45, 7) is 2.49. The highest BCUT2D eigenvalue weighted by atomic mass is 16.5. The molecule has 0 spiro atoms. The largest absolute Gasteiger partial charge is 0.492 e. The first kappa shape index (κ1) is 25.8. The molecule has 1 amide bonds. The zero-order valence-electron chi connectivity index (χ0n) is 20.4. The first-order valence-corrected chi connectivity index (χ1v) is 12.0. The van der Waals surface area contributed by atoms with Gasteiger partial charge in [-0.1, -0.05) is 53.7 Å². The van der Waals surface area contributed by atoms with Gasteiger partial charge in [0.2, 0.25) is 0 Å². The van der Waals surface area contributed by atoms with E-state index >= 15 is 0 Å². The number of aliphatic carboxylic acids is 1. The van der Waals surface area contributed by atoms with Crippen LogP contribution in [0.25, 0.3) is 0 Å². The fourth-order valence-electron chi connectivity index (χ4n) is 4.19. The van der Waals surface area contributed by atoms with Gasteiger partial charge >= 0.3 is 5.97 Å². The van der Waals surface area contributed by atoms with Crippen molar-refractivity contribution in [2.24, 2.45) is 5.18 Å². The van der Waals surface area contributed by atoms with E-state index < -0.39 is 18.1 Å². The number of hydrogen-bond acceptors (Lipinski definition) is 7. The third kappa shape index (κ3) is 6.31. The summed E-state index contributed by atoms with van der Waals surface area (Å²) in [6.07, 6.45) is -0.644. The Morgan fingerprint density at radius 2 is 1.84 bits per heavy atom. The third-order valence-corrected chi connectivity index (χ3v) is 6.03. The Kier molecular flexibility index (Phi) is 8.48. The van der Waals surface area contributed by atoms with Gasteiger partial charge in [-0.05, 0) is 47.9 Å². The topological polar surface area (TPSA) is 115 Å². The SMILES string of the molecule is CCOC(Cc1ccc(OCCN2C(=O)COc3ccc(C(N=O)c4ccccc4)cc32)cc1)C(=O)O. The van der Waals surface area contributed by atoms with Gasteiger partial charge in [0.25, 0.3) is 5.91 Å². The van der Waals surface area contributed by atoms with E-state index in [4.69, 9.17) is 14.2 Å². The molecule has 0 saturated carbocycles. The van der Waals surface area contributed by atoms with Gasteiger partial charge in [0.1, 0.15) is 24.1 Å². The maximum atomic E-state index is 12.7. The molecule has 1 heterocycles. The molecular weight excluding hydrogens is 476 g/mol. The number of nitroso groups, excluding NO2 is 1. The zero-order valence-corrected chi connectivity index (χ0v) is 20.4. The number of nitrogens with zero attached hydrogens (tertiary/aromatic N) is 2. The van der Waals surface area contributed by atoms with Crippen molar-refractivity contribution in [3.63, 3.8) is 0 Å². The summed E-state index contributed by atoms with van der Waals surface area (Å²) in [5.41, 5.74) is 2.80. The monoisotopic (exact) mass is 504 g/mol. The van der Waals surface area contributed by atoms with E-state index in [1.807, 2.05) is 30.3 Å². The van der Waals surface area contributed by atoms with Crippen LogP contribution in [0.3, 0.4) is 0 Å². The number of anilines is 1. The maximum absolute atomic E-state index is 12.7. The highest BCUT2D eigenvalue weighted by molar-refractivity contribution is 5.98. The molecule has 3 aromatic carbocycles. The van der Waals surface area contributed by atoms with Gasteiger partial charge in [-0.25, -0.2) is 4.79 Å². The van der Waals surface area contributed by atoms with Crippen molar-refractivity contribution in [3.8, 4) is 11.5 Å². The third-order valence-electron chi connectivity index (χ3n) is 6.03. The molecule has 2 unspecified atom stereocenters. The van der Waals surface area contributed by atoms with Crippen molar-refractivity contribution in [1.82, 2.24) is 0 Å². The first-order chi connectivity index (χ1) is 18.0. The lowest BCUT2D eigenvalue weighted by atomic mass is 9.98. The Labute approximate surface area is 214 Å². The molecule has 0 aromatic heterocycles. The first-order valence-electron chi connectivity index (χ1n) is 12.0. The van der Waals surface area contributed by atoms with Crippen LogP contribution < -0.4 is 14.4 Å². The van der Waals surface area contributed by atoms with Gasteiger partial charge in [-0.15, -0.1) is 4.91 Å². The quantitative estimate of drug-likeness (QED) is 0.364. The van der Waals surface area contributed by atoms with Crippen LogP contribution in [0, 0.1) is 4.91 Å². The number of amides is 1. The minimum absolute atomic E-state index is 0.0837. The molecule has 3 aromatic rings. The Balaban J connectivity index is 1.42. The van der Waals surface area contributed by atoms with Gasteiger partial charge in [0.15, 0.2) is 12.7 Å². The minimum Gasteiger partial charge on any atom is -0.492 e. The molecule has 0 radical (unpaired) electrons. The smallest absolute Gasteiger partial charge is 0.333 e. The second-order valence-corrected chi connectivity index (χ2v) is 8.46. The summed E-state index contributed by atoms with van der Waals surface area (Å²) in [6, 6.07) is 20.9. The number of benzene rings is 3. The van der Waals surface area contributed by atoms with Gasteiger partial charge in [0.05, 0.1) is 12.2 Å². The summed E-state index contributed by atoms with van der Waals surface area (Å²) < 4.78 is 16.7. The van der Waals surface area contributed by atoms with Crippen molar-refractivity contribution in [3.05, 3.63) is 94.4 Å². The average Bonchev–Trinajstić information content (AvgIpc) is 2.91. The van der Waals surface area contributed by atoms with Gasteiger partial charge in [-0.3, -0.25) is 4.79 Å². The molecule has 0 aliphatic carbocycles. The lowest BCUT2D eigenvalue weighted by Crippen LogP contribution is -2.41. The predicted molar refractivity (Wildman–Crippen MR) is 137 cm³/mol. The van der Waals surface area contributed by atoms with Crippen LogP contribution in [0.1, 0.15) is 29.7 Å². The Morgan fingerprint density at radius 1 is 1.08 bits per heavy atom.